The summed E-state index contributed by atoms with van der Waals surface area (Å²) in [5.41, 5.74) is 1.48. The van der Waals surface area contributed by atoms with Crippen LogP contribution in [0.5, 0.6) is 11.5 Å². The van der Waals surface area contributed by atoms with Crippen LogP contribution in [0.15, 0.2) is 18.2 Å². The second-order valence-electron chi connectivity index (χ2n) is 6.06. The minimum atomic E-state index is 0.187. The number of nitrogens with zero attached hydrogens (tertiary/aromatic N) is 1. The van der Waals surface area contributed by atoms with E-state index in [9.17, 15) is 0 Å². The Morgan fingerprint density at radius 2 is 2.11 bits per heavy atom. The molecule has 0 spiro atoms. The maximum atomic E-state index is 5.44. The van der Waals surface area contributed by atoms with Crippen LogP contribution in [0, 0.1) is 0 Å². The van der Waals surface area contributed by atoms with Gasteiger partial charge in [0.25, 0.3) is 0 Å². The van der Waals surface area contributed by atoms with Gasteiger partial charge in [0.05, 0.1) is 0 Å². The molecule has 104 valence electrons. The molecule has 2 aliphatic heterocycles. The summed E-state index contributed by atoms with van der Waals surface area (Å²) in [6.45, 7) is 9.17. The fourth-order valence-electron chi connectivity index (χ4n) is 2.86. The van der Waals surface area contributed by atoms with Gasteiger partial charge in [-0.15, -0.1) is 0 Å². The van der Waals surface area contributed by atoms with Crippen molar-refractivity contribution in [2.75, 3.05) is 26.4 Å². The summed E-state index contributed by atoms with van der Waals surface area (Å²) in [4.78, 5) is 2.51. The first kappa shape index (κ1) is 12.8. The molecule has 2 aliphatic rings. The number of nitrogens with one attached hydrogen (secondary N) is 1. The lowest BCUT2D eigenvalue weighted by Crippen LogP contribution is -2.46. The van der Waals surface area contributed by atoms with Crippen molar-refractivity contribution in [3.63, 3.8) is 0 Å². The Hall–Kier alpha value is -1.26. The first-order valence-electron chi connectivity index (χ1n) is 6.98. The summed E-state index contributed by atoms with van der Waals surface area (Å²) in [6.07, 6.45) is 1.20. The Kier molecular flexibility index (Phi) is 3.37. The molecule has 19 heavy (non-hydrogen) atoms. The van der Waals surface area contributed by atoms with Crippen LogP contribution in [-0.2, 0) is 6.54 Å². The average molecular weight is 262 g/mol. The van der Waals surface area contributed by atoms with Crippen LogP contribution in [0.25, 0.3) is 0 Å². The van der Waals surface area contributed by atoms with Crippen LogP contribution < -0.4 is 14.8 Å². The van der Waals surface area contributed by atoms with E-state index in [4.69, 9.17) is 9.47 Å². The lowest BCUT2D eigenvalue weighted by atomic mass is 10.1. The molecule has 3 rings (SSSR count). The smallest absolute Gasteiger partial charge is 0.231 e. The van der Waals surface area contributed by atoms with E-state index in [0.717, 1.165) is 37.7 Å². The molecule has 0 bridgehead atoms. The van der Waals surface area contributed by atoms with Crippen molar-refractivity contribution < 1.29 is 9.47 Å². The first-order chi connectivity index (χ1) is 9.12. The summed E-state index contributed by atoms with van der Waals surface area (Å²) in [7, 11) is 0. The highest BCUT2D eigenvalue weighted by Gasteiger charge is 2.24. The Labute approximate surface area is 114 Å². The van der Waals surface area contributed by atoms with E-state index < -0.39 is 0 Å². The molecule has 1 saturated heterocycles. The Balaban J connectivity index is 1.70. The lowest BCUT2D eigenvalue weighted by molar-refractivity contribution is 0.174. The molecule has 0 unspecified atom stereocenters. The van der Waals surface area contributed by atoms with Crippen molar-refractivity contribution in [3.05, 3.63) is 23.8 Å². The zero-order valence-corrected chi connectivity index (χ0v) is 11.7. The number of rotatable bonds is 2. The van der Waals surface area contributed by atoms with E-state index in [2.05, 4.69) is 36.2 Å². The maximum Gasteiger partial charge on any atom is 0.231 e. The number of hydrogen-bond acceptors (Lipinski definition) is 4. The Bertz CT molecular complexity index is 459. The SMILES string of the molecule is CC1(C)CN(Cc2ccc3c(c2)OCO3)CCCN1. The molecule has 1 N–H and O–H groups in total. The quantitative estimate of drug-likeness (QED) is 0.884. The lowest BCUT2D eigenvalue weighted by Gasteiger charge is -2.30. The minimum absolute atomic E-state index is 0.187. The normalized spacial score (nSPS) is 22.2. The van der Waals surface area contributed by atoms with Crippen LogP contribution in [0.3, 0.4) is 0 Å². The molecule has 0 aromatic heterocycles. The molecule has 2 heterocycles. The number of benzene rings is 1. The molecular weight excluding hydrogens is 240 g/mol. The van der Waals surface area contributed by atoms with Crippen molar-refractivity contribution in [2.24, 2.45) is 0 Å². The fraction of sp³-hybridized carbons (Fsp3) is 0.600. The van der Waals surface area contributed by atoms with Gasteiger partial charge in [-0.3, -0.25) is 4.90 Å². The molecule has 0 saturated carbocycles. The van der Waals surface area contributed by atoms with E-state index in [1.807, 2.05) is 6.07 Å². The van der Waals surface area contributed by atoms with Crippen LogP contribution >= 0.6 is 0 Å². The van der Waals surface area contributed by atoms with Gasteiger partial charge in [-0.1, -0.05) is 6.07 Å². The first-order valence-corrected chi connectivity index (χ1v) is 6.98. The topological polar surface area (TPSA) is 33.7 Å². The van der Waals surface area contributed by atoms with Gasteiger partial charge in [-0.2, -0.15) is 0 Å². The van der Waals surface area contributed by atoms with Gasteiger partial charge in [0, 0.05) is 18.6 Å². The third-order valence-electron chi connectivity index (χ3n) is 3.72. The fourth-order valence-corrected chi connectivity index (χ4v) is 2.86. The van der Waals surface area contributed by atoms with Gasteiger partial charge in [0.1, 0.15) is 0 Å². The van der Waals surface area contributed by atoms with Crippen LogP contribution in [0.4, 0.5) is 0 Å². The summed E-state index contributed by atoms with van der Waals surface area (Å²) in [6, 6.07) is 6.26. The molecule has 1 fully saturated rings. The van der Waals surface area contributed by atoms with Crippen LogP contribution in [0.1, 0.15) is 25.8 Å². The van der Waals surface area contributed by atoms with Crippen molar-refractivity contribution in [1.82, 2.24) is 10.2 Å². The van der Waals surface area contributed by atoms with Gasteiger partial charge < -0.3 is 14.8 Å². The Morgan fingerprint density at radius 1 is 1.26 bits per heavy atom. The third kappa shape index (κ3) is 3.01. The Morgan fingerprint density at radius 3 is 3.00 bits per heavy atom. The molecule has 0 atom stereocenters. The molecule has 0 aliphatic carbocycles. The predicted molar refractivity (Wildman–Crippen MR) is 74.5 cm³/mol. The van der Waals surface area contributed by atoms with Crippen LogP contribution in [-0.4, -0.2) is 36.9 Å². The van der Waals surface area contributed by atoms with E-state index in [1.165, 1.54) is 12.0 Å². The standard InChI is InChI=1S/C15H22N2O2/c1-15(2)10-17(7-3-6-16-15)9-12-4-5-13-14(8-12)19-11-18-13/h4-5,8,16H,3,6-7,9-11H2,1-2H3. The summed E-state index contributed by atoms with van der Waals surface area (Å²) in [5.74, 6) is 1.74. The van der Waals surface area contributed by atoms with Crippen molar-refractivity contribution in [3.8, 4) is 11.5 Å². The van der Waals surface area contributed by atoms with Gasteiger partial charge in [0.2, 0.25) is 6.79 Å². The van der Waals surface area contributed by atoms with E-state index in [0.29, 0.717) is 6.79 Å². The average Bonchev–Trinajstić information content (AvgIpc) is 2.74. The predicted octanol–water partition coefficient (Wildman–Crippen LogP) is 1.99. The minimum Gasteiger partial charge on any atom is -0.454 e. The van der Waals surface area contributed by atoms with Crippen molar-refractivity contribution in [2.45, 2.75) is 32.4 Å². The monoisotopic (exact) mass is 262 g/mol. The van der Waals surface area contributed by atoms with E-state index in [-0.39, 0.29) is 5.54 Å². The summed E-state index contributed by atoms with van der Waals surface area (Å²) in [5, 5.41) is 3.59. The zero-order chi connectivity index (χ0) is 13.3. The van der Waals surface area contributed by atoms with Crippen molar-refractivity contribution >= 4 is 0 Å². The van der Waals surface area contributed by atoms with Gasteiger partial charge >= 0.3 is 0 Å². The van der Waals surface area contributed by atoms with E-state index >= 15 is 0 Å². The molecule has 4 heteroatoms. The second-order valence-corrected chi connectivity index (χ2v) is 6.06. The highest BCUT2D eigenvalue weighted by molar-refractivity contribution is 5.44. The van der Waals surface area contributed by atoms with Gasteiger partial charge in [-0.05, 0) is 51.1 Å². The van der Waals surface area contributed by atoms with Crippen LogP contribution in [0.2, 0.25) is 0 Å². The highest BCUT2D eigenvalue weighted by Crippen LogP contribution is 2.32. The van der Waals surface area contributed by atoms with Gasteiger partial charge in [0.15, 0.2) is 11.5 Å². The largest absolute Gasteiger partial charge is 0.454 e. The molecule has 0 radical (unpaired) electrons. The third-order valence-corrected chi connectivity index (χ3v) is 3.72. The molecule has 4 nitrogen and oxygen atoms in total. The highest BCUT2D eigenvalue weighted by atomic mass is 16.7. The zero-order valence-electron chi connectivity index (χ0n) is 11.7. The summed E-state index contributed by atoms with van der Waals surface area (Å²) < 4.78 is 10.8. The van der Waals surface area contributed by atoms with Crippen molar-refractivity contribution in [1.29, 1.82) is 0 Å². The molecule has 1 aromatic rings. The summed E-state index contributed by atoms with van der Waals surface area (Å²) >= 11 is 0. The number of hydrogen-bond donors (Lipinski definition) is 1. The number of fused-ring (bicyclic) bond motifs is 1. The maximum absolute atomic E-state index is 5.44. The second kappa shape index (κ2) is 5.02. The molecule has 0 amide bonds. The van der Waals surface area contributed by atoms with Gasteiger partial charge in [-0.25, -0.2) is 0 Å². The molecule has 1 aromatic carbocycles. The molecular formula is C15H22N2O2. The number of ether oxygens (including phenoxy) is 2. The van der Waals surface area contributed by atoms with E-state index in [1.54, 1.807) is 0 Å².